The van der Waals surface area contributed by atoms with Gasteiger partial charge >= 0.3 is 0 Å². The Balaban J connectivity index is 2.09. The van der Waals surface area contributed by atoms with Crippen LogP contribution in [0.4, 0.5) is 0 Å². The van der Waals surface area contributed by atoms with Crippen LogP contribution in [0.15, 0.2) is 54.6 Å². The molecule has 0 amide bonds. The zero-order chi connectivity index (χ0) is 17.6. The predicted molar refractivity (Wildman–Crippen MR) is 96.1 cm³/mol. The number of halogens is 1. The maximum Gasteiger partial charge on any atom is 0.210 e. The fourth-order valence-corrected chi connectivity index (χ4v) is 3.11. The van der Waals surface area contributed by atoms with Gasteiger partial charge in [-0.25, -0.2) is 13.6 Å². The maximum atomic E-state index is 11.3. The van der Waals surface area contributed by atoms with Gasteiger partial charge in [-0.3, -0.25) is 4.90 Å². The van der Waals surface area contributed by atoms with Gasteiger partial charge in [-0.05, 0) is 23.3 Å². The fourth-order valence-electron chi connectivity index (χ4n) is 2.40. The van der Waals surface area contributed by atoms with Crippen LogP contribution in [0, 0.1) is 0 Å². The lowest BCUT2D eigenvalue weighted by molar-refractivity contribution is 0.112. The summed E-state index contributed by atoms with van der Waals surface area (Å²) >= 11 is 5.96. The molecule has 5 nitrogen and oxygen atoms in total. The first kappa shape index (κ1) is 18.9. The van der Waals surface area contributed by atoms with E-state index in [1.165, 1.54) is 0 Å². The van der Waals surface area contributed by atoms with E-state index in [0.717, 1.165) is 5.56 Å². The van der Waals surface area contributed by atoms with Gasteiger partial charge in [0.05, 0.1) is 11.9 Å². The summed E-state index contributed by atoms with van der Waals surface area (Å²) in [7, 11) is -3.56. The third-order valence-electron chi connectivity index (χ3n) is 3.61. The molecule has 3 N–H and O–H groups in total. The number of nitrogens with zero attached hydrogens (tertiary/aromatic N) is 1. The van der Waals surface area contributed by atoms with Crippen LogP contribution in [0.25, 0.3) is 0 Å². The van der Waals surface area contributed by atoms with Crippen molar-refractivity contribution in [2.75, 3.05) is 18.8 Å². The molecule has 0 radical (unpaired) electrons. The van der Waals surface area contributed by atoms with Crippen LogP contribution >= 0.6 is 11.6 Å². The molecule has 0 saturated carbocycles. The Morgan fingerprint density at radius 1 is 1.12 bits per heavy atom. The van der Waals surface area contributed by atoms with Crippen molar-refractivity contribution >= 4 is 21.6 Å². The van der Waals surface area contributed by atoms with Crippen molar-refractivity contribution in [2.45, 2.75) is 12.6 Å². The number of hydrogen-bond donors (Lipinski definition) is 2. The van der Waals surface area contributed by atoms with E-state index >= 15 is 0 Å². The molecule has 0 aliphatic rings. The average molecular weight is 369 g/mol. The summed E-state index contributed by atoms with van der Waals surface area (Å²) in [5, 5.41) is 16.1. The Morgan fingerprint density at radius 2 is 1.83 bits per heavy atom. The minimum absolute atomic E-state index is 0.165. The average Bonchev–Trinajstić information content (AvgIpc) is 2.53. The molecule has 0 aliphatic heterocycles. The summed E-state index contributed by atoms with van der Waals surface area (Å²) < 4.78 is 22.5. The normalized spacial score (nSPS) is 13.2. The molecule has 2 aromatic carbocycles. The lowest BCUT2D eigenvalue weighted by atomic mass is 10.1. The number of sulfonamides is 1. The number of hydrogen-bond acceptors (Lipinski definition) is 4. The Morgan fingerprint density at radius 3 is 2.46 bits per heavy atom. The summed E-state index contributed by atoms with van der Waals surface area (Å²) in [5.74, 6) is -0.165. The van der Waals surface area contributed by atoms with E-state index in [2.05, 4.69) is 0 Å². The third-order valence-corrected chi connectivity index (χ3v) is 4.59. The molecule has 130 valence electrons. The first-order chi connectivity index (χ1) is 11.3. The van der Waals surface area contributed by atoms with Crippen molar-refractivity contribution < 1.29 is 13.5 Å². The minimum Gasteiger partial charge on any atom is -0.387 e. The van der Waals surface area contributed by atoms with Crippen molar-refractivity contribution in [1.82, 2.24) is 4.90 Å². The highest BCUT2D eigenvalue weighted by atomic mass is 35.5. The van der Waals surface area contributed by atoms with E-state index in [1.54, 1.807) is 24.3 Å². The van der Waals surface area contributed by atoms with Crippen LogP contribution in [0.5, 0.6) is 0 Å². The van der Waals surface area contributed by atoms with E-state index in [9.17, 15) is 13.5 Å². The summed E-state index contributed by atoms with van der Waals surface area (Å²) in [6.07, 6.45) is -0.770. The molecule has 2 aromatic rings. The van der Waals surface area contributed by atoms with Gasteiger partial charge in [0.2, 0.25) is 10.0 Å². The zero-order valence-electron chi connectivity index (χ0n) is 13.2. The van der Waals surface area contributed by atoms with E-state index in [0.29, 0.717) is 17.1 Å². The van der Waals surface area contributed by atoms with Gasteiger partial charge in [0, 0.05) is 24.7 Å². The Labute approximate surface area is 147 Å². The Hall–Kier alpha value is -1.44. The second-order valence-corrected chi connectivity index (χ2v) is 7.83. The van der Waals surface area contributed by atoms with Gasteiger partial charge in [0.25, 0.3) is 0 Å². The van der Waals surface area contributed by atoms with Gasteiger partial charge in [-0.2, -0.15) is 0 Å². The molecular formula is C17H21ClN2O3S. The highest BCUT2D eigenvalue weighted by Gasteiger charge is 2.16. The number of nitrogens with two attached hydrogens (primary N) is 1. The third kappa shape index (κ3) is 6.59. The number of aliphatic hydroxyl groups excluding tert-OH is 1. The van der Waals surface area contributed by atoms with Crippen molar-refractivity contribution in [3.05, 3.63) is 70.7 Å². The molecule has 0 aromatic heterocycles. The largest absolute Gasteiger partial charge is 0.387 e. The van der Waals surface area contributed by atoms with Crippen molar-refractivity contribution in [3.63, 3.8) is 0 Å². The molecule has 0 heterocycles. The summed E-state index contributed by atoms with van der Waals surface area (Å²) in [5.41, 5.74) is 1.72. The zero-order valence-corrected chi connectivity index (χ0v) is 14.7. The summed E-state index contributed by atoms with van der Waals surface area (Å²) in [4.78, 5) is 1.87. The van der Waals surface area contributed by atoms with Crippen LogP contribution in [0.3, 0.4) is 0 Å². The van der Waals surface area contributed by atoms with Crippen LogP contribution in [0.2, 0.25) is 5.02 Å². The molecule has 0 bridgehead atoms. The first-order valence-electron chi connectivity index (χ1n) is 7.54. The Kier molecular flexibility index (Phi) is 6.77. The molecule has 1 atom stereocenters. The van der Waals surface area contributed by atoms with Crippen molar-refractivity contribution in [3.8, 4) is 0 Å². The lowest BCUT2D eigenvalue weighted by Gasteiger charge is -2.25. The van der Waals surface area contributed by atoms with E-state index in [-0.39, 0.29) is 18.8 Å². The van der Waals surface area contributed by atoms with E-state index in [4.69, 9.17) is 16.7 Å². The summed E-state index contributed by atoms with van der Waals surface area (Å²) in [6, 6.07) is 16.7. The molecular weight excluding hydrogens is 348 g/mol. The molecule has 0 aliphatic carbocycles. The first-order valence-corrected chi connectivity index (χ1v) is 9.63. The molecule has 7 heteroatoms. The van der Waals surface area contributed by atoms with Crippen LogP contribution in [-0.4, -0.2) is 37.3 Å². The minimum atomic E-state index is -3.56. The standard InChI is InChI=1S/C17H21ClN2O3S/c18-16-8-4-7-15(11-16)17(21)13-20(9-10-24(19,22)23)12-14-5-2-1-3-6-14/h1-8,11,17,21H,9-10,12-13H2,(H2,19,22,23). The second-order valence-electron chi connectivity index (χ2n) is 5.66. The fraction of sp³-hybridized carbons (Fsp3) is 0.294. The number of rotatable bonds is 8. The van der Waals surface area contributed by atoms with Gasteiger partial charge in [0.1, 0.15) is 0 Å². The van der Waals surface area contributed by atoms with E-state index in [1.807, 2.05) is 35.2 Å². The topological polar surface area (TPSA) is 83.6 Å². The van der Waals surface area contributed by atoms with Gasteiger partial charge in [-0.15, -0.1) is 0 Å². The smallest absolute Gasteiger partial charge is 0.210 e. The summed E-state index contributed by atoms with van der Waals surface area (Å²) in [6.45, 7) is 1.05. The van der Waals surface area contributed by atoms with Crippen LogP contribution < -0.4 is 5.14 Å². The molecule has 1 unspecified atom stereocenters. The van der Waals surface area contributed by atoms with Crippen molar-refractivity contribution in [1.29, 1.82) is 0 Å². The highest BCUT2D eigenvalue weighted by Crippen LogP contribution is 2.19. The highest BCUT2D eigenvalue weighted by molar-refractivity contribution is 7.89. The van der Waals surface area contributed by atoms with Gasteiger partial charge in [0.15, 0.2) is 0 Å². The van der Waals surface area contributed by atoms with E-state index < -0.39 is 16.1 Å². The Bertz CT molecular complexity index is 753. The molecule has 0 saturated heterocycles. The predicted octanol–water partition coefficient (Wildman–Crippen LogP) is 2.16. The lowest BCUT2D eigenvalue weighted by Crippen LogP contribution is -2.34. The monoisotopic (exact) mass is 368 g/mol. The van der Waals surface area contributed by atoms with Crippen LogP contribution in [-0.2, 0) is 16.6 Å². The molecule has 0 fully saturated rings. The maximum absolute atomic E-state index is 11.3. The number of primary sulfonamides is 1. The number of benzene rings is 2. The quantitative estimate of drug-likeness (QED) is 0.747. The SMILES string of the molecule is NS(=O)(=O)CCN(Cc1ccccc1)CC(O)c1cccc(Cl)c1. The molecule has 2 rings (SSSR count). The number of aliphatic hydroxyl groups is 1. The van der Waals surface area contributed by atoms with Crippen LogP contribution in [0.1, 0.15) is 17.2 Å². The van der Waals surface area contributed by atoms with Gasteiger partial charge < -0.3 is 5.11 Å². The van der Waals surface area contributed by atoms with Crippen molar-refractivity contribution in [2.24, 2.45) is 5.14 Å². The van der Waals surface area contributed by atoms with Gasteiger partial charge in [-0.1, -0.05) is 54.1 Å². The molecule has 0 spiro atoms. The molecule has 24 heavy (non-hydrogen) atoms. The second kappa shape index (κ2) is 8.60.